The molecule has 0 bridgehead atoms. The van der Waals surface area contributed by atoms with Crippen molar-refractivity contribution < 1.29 is 0 Å². The van der Waals surface area contributed by atoms with Crippen LogP contribution < -0.4 is 5.32 Å². The van der Waals surface area contributed by atoms with E-state index >= 15 is 0 Å². The SMILES string of the molecule is CCCN(Cc1cc2ccccc2nc1NCC)C(C)C. The van der Waals surface area contributed by atoms with Gasteiger partial charge in [-0.15, -0.1) is 0 Å². The van der Waals surface area contributed by atoms with E-state index in [0.29, 0.717) is 6.04 Å². The van der Waals surface area contributed by atoms with E-state index in [2.05, 4.69) is 62.2 Å². The molecule has 2 rings (SSSR count). The van der Waals surface area contributed by atoms with Crippen molar-refractivity contribution in [1.29, 1.82) is 0 Å². The zero-order valence-electron chi connectivity index (χ0n) is 13.7. The molecule has 0 fully saturated rings. The van der Waals surface area contributed by atoms with Gasteiger partial charge < -0.3 is 5.32 Å². The number of nitrogens with zero attached hydrogens (tertiary/aromatic N) is 2. The topological polar surface area (TPSA) is 28.2 Å². The van der Waals surface area contributed by atoms with Crippen LogP contribution in [0.25, 0.3) is 10.9 Å². The summed E-state index contributed by atoms with van der Waals surface area (Å²) in [7, 11) is 0. The van der Waals surface area contributed by atoms with E-state index in [9.17, 15) is 0 Å². The van der Waals surface area contributed by atoms with Crippen LogP contribution in [0.2, 0.25) is 0 Å². The zero-order valence-corrected chi connectivity index (χ0v) is 13.7. The summed E-state index contributed by atoms with van der Waals surface area (Å²) in [4.78, 5) is 7.31. The summed E-state index contributed by atoms with van der Waals surface area (Å²) in [5.74, 6) is 1.03. The Kier molecular flexibility index (Phi) is 5.57. The second kappa shape index (κ2) is 7.41. The van der Waals surface area contributed by atoms with Crippen LogP contribution in [0.1, 0.15) is 39.7 Å². The van der Waals surface area contributed by atoms with Gasteiger partial charge in [0.25, 0.3) is 0 Å². The lowest BCUT2D eigenvalue weighted by Crippen LogP contribution is -2.31. The molecule has 3 heteroatoms. The quantitative estimate of drug-likeness (QED) is 0.822. The van der Waals surface area contributed by atoms with Gasteiger partial charge in [0.1, 0.15) is 5.82 Å². The molecule has 3 nitrogen and oxygen atoms in total. The van der Waals surface area contributed by atoms with Crippen molar-refractivity contribution in [1.82, 2.24) is 9.88 Å². The normalized spacial score (nSPS) is 11.5. The largest absolute Gasteiger partial charge is 0.370 e. The minimum Gasteiger partial charge on any atom is -0.370 e. The van der Waals surface area contributed by atoms with Gasteiger partial charge in [0, 0.05) is 30.1 Å². The highest BCUT2D eigenvalue weighted by molar-refractivity contribution is 5.81. The molecule has 0 saturated carbocycles. The van der Waals surface area contributed by atoms with E-state index in [1.807, 2.05) is 6.07 Å². The van der Waals surface area contributed by atoms with Crippen LogP contribution in [0.3, 0.4) is 0 Å². The first-order valence-corrected chi connectivity index (χ1v) is 8.02. The predicted molar refractivity (Wildman–Crippen MR) is 91.7 cm³/mol. The Bertz CT molecular complexity index is 578. The van der Waals surface area contributed by atoms with Gasteiger partial charge in [0.05, 0.1) is 5.52 Å². The number of hydrogen-bond donors (Lipinski definition) is 1. The molecule has 0 unspecified atom stereocenters. The van der Waals surface area contributed by atoms with Crippen molar-refractivity contribution >= 4 is 16.7 Å². The standard InChI is InChI=1S/C18H27N3/c1-5-11-21(14(3)4)13-16-12-15-9-7-8-10-17(15)20-18(16)19-6-2/h7-10,12,14H,5-6,11,13H2,1-4H3,(H,19,20). The summed E-state index contributed by atoms with van der Waals surface area (Å²) in [5.41, 5.74) is 2.35. The summed E-state index contributed by atoms with van der Waals surface area (Å²) in [6, 6.07) is 11.2. The third kappa shape index (κ3) is 3.94. The van der Waals surface area contributed by atoms with E-state index in [0.717, 1.165) is 31.0 Å². The minimum absolute atomic E-state index is 0.547. The molecule has 0 atom stereocenters. The molecule has 1 aromatic carbocycles. The van der Waals surface area contributed by atoms with Gasteiger partial charge in [-0.3, -0.25) is 4.90 Å². The molecule has 1 N–H and O–H groups in total. The molecular weight excluding hydrogens is 258 g/mol. The third-order valence-corrected chi connectivity index (χ3v) is 3.76. The highest BCUT2D eigenvalue weighted by Gasteiger charge is 2.13. The first-order valence-electron chi connectivity index (χ1n) is 8.02. The number of anilines is 1. The fraction of sp³-hybridized carbons (Fsp3) is 0.500. The van der Waals surface area contributed by atoms with Crippen molar-refractivity contribution in [3.8, 4) is 0 Å². The highest BCUT2D eigenvalue weighted by Crippen LogP contribution is 2.22. The molecule has 0 aliphatic carbocycles. The van der Waals surface area contributed by atoms with Crippen LogP contribution in [0.5, 0.6) is 0 Å². The van der Waals surface area contributed by atoms with Crippen LogP contribution in [0.4, 0.5) is 5.82 Å². The predicted octanol–water partition coefficient (Wildman–Crippen LogP) is 4.29. The van der Waals surface area contributed by atoms with Gasteiger partial charge in [-0.05, 0) is 45.9 Å². The fourth-order valence-corrected chi connectivity index (χ4v) is 2.63. The molecule has 21 heavy (non-hydrogen) atoms. The number of nitrogens with one attached hydrogen (secondary N) is 1. The third-order valence-electron chi connectivity index (χ3n) is 3.76. The summed E-state index contributed by atoms with van der Waals surface area (Å²) in [5, 5.41) is 4.63. The van der Waals surface area contributed by atoms with Crippen molar-refractivity contribution in [2.75, 3.05) is 18.4 Å². The molecular formula is C18H27N3. The van der Waals surface area contributed by atoms with E-state index in [1.165, 1.54) is 17.4 Å². The Balaban J connectivity index is 2.37. The smallest absolute Gasteiger partial charge is 0.131 e. The molecule has 0 aliphatic rings. The average molecular weight is 285 g/mol. The Morgan fingerprint density at radius 3 is 2.62 bits per heavy atom. The molecule has 1 aromatic heterocycles. The molecule has 0 saturated heterocycles. The maximum Gasteiger partial charge on any atom is 0.131 e. The van der Waals surface area contributed by atoms with E-state index in [1.54, 1.807) is 0 Å². The van der Waals surface area contributed by atoms with Crippen molar-refractivity contribution in [3.63, 3.8) is 0 Å². The molecule has 0 spiro atoms. The van der Waals surface area contributed by atoms with Crippen LogP contribution in [0, 0.1) is 0 Å². The Hall–Kier alpha value is -1.61. The fourth-order valence-electron chi connectivity index (χ4n) is 2.63. The van der Waals surface area contributed by atoms with E-state index in [-0.39, 0.29) is 0 Å². The monoisotopic (exact) mass is 285 g/mol. The van der Waals surface area contributed by atoms with E-state index < -0.39 is 0 Å². The van der Waals surface area contributed by atoms with Crippen LogP contribution in [0.15, 0.2) is 30.3 Å². The van der Waals surface area contributed by atoms with Crippen molar-refractivity contribution in [3.05, 3.63) is 35.9 Å². The number of benzene rings is 1. The number of hydrogen-bond acceptors (Lipinski definition) is 3. The molecule has 2 aromatic rings. The van der Waals surface area contributed by atoms with Crippen LogP contribution in [-0.4, -0.2) is 29.0 Å². The molecule has 0 aliphatic heterocycles. The highest BCUT2D eigenvalue weighted by atomic mass is 15.1. The molecule has 114 valence electrons. The number of rotatable bonds is 7. The first kappa shape index (κ1) is 15.8. The Morgan fingerprint density at radius 2 is 1.95 bits per heavy atom. The molecule has 0 radical (unpaired) electrons. The van der Waals surface area contributed by atoms with Gasteiger partial charge in [0.15, 0.2) is 0 Å². The Morgan fingerprint density at radius 1 is 1.19 bits per heavy atom. The second-order valence-corrected chi connectivity index (χ2v) is 5.78. The number of para-hydroxylation sites is 1. The van der Waals surface area contributed by atoms with Crippen LogP contribution >= 0.6 is 0 Å². The van der Waals surface area contributed by atoms with Gasteiger partial charge in [-0.25, -0.2) is 4.98 Å². The van der Waals surface area contributed by atoms with Crippen molar-refractivity contribution in [2.24, 2.45) is 0 Å². The summed E-state index contributed by atoms with van der Waals surface area (Å²) >= 11 is 0. The number of aromatic nitrogens is 1. The van der Waals surface area contributed by atoms with Gasteiger partial charge >= 0.3 is 0 Å². The van der Waals surface area contributed by atoms with Gasteiger partial charge in [0.2, 0.25) is 0 Å². The number of fused-ring (bicyclic) bond motifs is 1. The Labute approximate surface area is 128 Å². The van der Waals surface area contributed by atoms with Crippen molar-refractivity contribution in [2.45, 2.75) is 46.7 Å². The zero-order chi connectivity index (χ0) is 15.2. The minimum atomic E-state index is 0.547. The lowest BCUT2D eigenvalue weighted by molar-refractivity contribution is 0.213. The summed E-state index contributed by atoms with van der Waals surface area (Å²) in [6.07, 6.45) is 1.18. The first-order chi connectivity index (χ1) is 10.2. The maximum absolute atomic E-state index is 4.80. The van der Waals surface area contributed by atoms with Gasteiger partial charge in [-0.2, -0.15) is 0 Å². The molecule has 1 heterocycles. The lowest BCUT2D eigenvalue weighted by Gasteiger charge is -2.27. The summed E-state index contributed by atoms with van der Waals surface area (Å²) in [6.45, 7) is 11.8. The summed E-state index contributed by atoms with van der Waals surface area (Å²) < 4.78 is 0. The van der Waals surface area contributed by atoms with Crippen LogP contribution in [-0.2, 0) is 6.54 Å². The van der Waals surface area contributed by atoms with E-state index in [4.69, 9.17) is 4.98 Å². The average Bonchev–Trinajstić information content (AvgIpc) is 2.47. The maximum atomic E-state index is 4.80. The second-order valence-electron chi connectivity index (χ2n) is 5.78. The van der Waals surface area contributed by atoms with Gasteiger partial charge in [-0.1, -0.05) is 25.1 Å². The lowest BCUT2D eigenvalue weighted by atomic mass is 10.1. The number of pyridine rings is 1. The molecule has 0 amide bonds.